The van der Waals surface area contributed by atoms with Crippen LogP contribution in [0.4, 0.5) is 0 Å². The van der Waals surface area contributed by atoms with E-state index in [9.17, 15) is 4.79 Å². The maximum Gasteiger partial charge on any atom is 0.251 e. The lowest BCUT2D eigenvalue weighted by Crippen LogP contribution is -2.36. The van der Waals surface area contributed by atoms with Gasteiger partial charge in [-0.05, 0) is 20.3 Å². The van der Waals surface area contributed by atoms with Gasteiger partial charge in [0, 0.05) is 20.2 Å². The van der Waals surface area contributed by atoms with Gasteiger partial charge in [-0.1, -0.05) is 6.92 Å². The monoisotopic (exact) mass is 173 g/mol. The van der Waals surface area contributed by atoms with E-state index in [1.54, 1.807) is 18.9 Å². The molecule has 0 bridgehead atoms. The Morgan fingerprint density at radius 2 is 2.08 bits per heavy atom. The van der Waals surface area contributed by atoms with E-state index >= 15 is 0 Å². The molecule has 0 spiro atoms. The van der Waals surface area contributed by atoms with Crippen molar-refractivity contribution in [2.75, 3.05) is 20.2 Å². The molecule has 0 aliphatic heterocycles. The molecule has 3 heteroatoms. The van der Waals surface area contributed by atoms with Crippen LogP contribution in [0.25, 0.3) is 0 Å². The molecule has 0 aliphatic carbocycles. The van der Waals surface area contributed by atoms with Crippen molar-refractivity contribution < 1.29 is 9.53 Å². The summed E-state index contributed by atoms with van der Waals surface area (Å²) in [5.74, 6) is 0.0682. The van der Waals surface area contributed by atoms with E-state index in [-0.39, 0.29) is 12.0 Å². The Balaban J connectivity index is 3.82. The van der Waals surface area contributed by atoms with E-state index in [0.717, 1.165) is 13.0 Å². The third-order valence-electron chi connectivity index (χ3n) is 1.70. The molecular weight excluding hydrogens is 154 g/mol. The molecule has 0 aliphatic rings. The van der Waals surface area contributed by atoms with Gasteiger partial charge in [0.05, 0.1) is 0 Å². The maximum atomic E-state index is 11.4. The number of ether oxygens (including phenoxy) is 1. The van der Waals surface area contributed by atoms with Gasteiger partial charge in [-0.3, -0.25) is 4.79 Å². The number of nitrogens with zero attached hydrogens (tertiary/aromatic N) is 1. The molecule has 0 heterocycles. The zero-order valence-corrected chi connectivity index (χ0v) is 8.46. The zero-order chi connectivity index (χ0) is 9.56. The Morgan fingerprint density at radius 3 is 2.50 bits per heavy atom. The predicted octanol–water partition coefficient (Wildman–Crippen LogP) is 1.28. The first-order valence-corrected chi connectivity index (χ1v) is 4.50. The van der Waals surface area contributed by atoms with Crippen molar-refractivity contribution in [2.45, 2.75) is 33.3 Å². The smallest absolute Gasteiger partial charge is 0.251 e. The summed E-state index contributed by atoms with van der Waals surface area (Å²) in [6, 6.07) is 0. The largest absolute Gasteiger partial charge is 0.369 e. The molecule has 0 fully saturated rings. The van der Waals surface area contributed by atoms with Crippen LogP contribution in [0.2, 0.25) is 0 Å². The van der Waals surface area contributed by atoms with Crippen LogP contribution in [0.15, 0.2) is 0 Å². The summed E-state index contributed by atoms with van der Waals surface area (Å²) < 4.78 is 5.18. The summed E-state index contributed by atoms with van der Waals surface area (Å²) in [4.78, 5) is 13.1. The number of likely N-dealkylation sites (N-methyl/N-ethyl adjacent to an activating group) is 1. The highest BCUT2D eigenvalue weighted by Crippen LogP contribution is 1.97. The van der Waals surface area contributed by atoms with E-state index in [2.05, 4.69) is 6.92 Å². The number of hydrogen-bond acceptors (Lipinski definition) is 2. The standard InChI is InChI=1S/C9H19NO2/c1-5-7-10(4)9(11)8(3)12-6-2/h8H,5-7H2,1-4H3. The van der Waals surface area contributed by atoms with E-state index in [1.807, 2.05) is 6.92 Å². The minimum Gasteiger partial charge on any atom is -0.369 e. The average molecular weight is 173 g/mol. The van der Waals surface area contributed by atoms with E-state index < -0.39 is 0 Å². The number of rotatable bonds is 5. The zero-order valence-electron chi connectivity index (χ0n) is 8.46. The molecule has 0 radical (unpaired) electrons. The molecule has 1 unspecified atom stereocenters. The van der Waals surface area contributed by atoms with Gasteiger partial charge in [0.2, 0.25) is 0 Å². The van der Waals surface area contributed by atoms with Crippen LogP contribution in [-0.2, 0) is 9.53 Å². The van der Waals surface area contributed by atoms with Gasteiger partial charge >= 0.3 is 0 Å². The first-order chi connectivity index (χ1) is 5.63. The second-order valence-corrected chi connectivity index (χ2v) is 2.86. The average Bonchev–Trinajstić information content (AvgIpc) is 2.04. The van der Waals surface area contributed by atoms with Crippen molar-refractivity contribution in [3.63, 3.8) is 0 Å². The van der Waals surface area contributed by atoms with E-state index in [0.29, 0.717) is 6.61 Å². The van der Waals surface area contributed by atoms with Crippen LogP contribution in [0, 0.1) is 0 Å². The highest BCUT2D eigenvalue weighted by molar-refractivity contribution is 5.80. The lowest BCUT2D eigenvalue weighted by molar-refractivity contribution is -0.140. The lowest BCUT2D eigenvalue weighted by Gasteiger charge is -2.20. The molecule has 72 valence electrons. The molecule has 0 aromatic carbocycles. The van der Waals surface area contributed by atoms with Crippen molar-refractivity contribution in [3.05, 3.63) is 0 Å². The summed E-state index contributed by atoms with van der Waals surface area (Å²) in [6.45, 7) is 7.12. The quantitative estimate of drug-likeness (QED) is 0.626. The molecule has 0 N–H and O–H groups in total. The van der Waals surface area contributed by atoms with Crippen LogP contribution < -0.4 is 0 Å². The molecule has 0 aromatic rings. The Kier molecular flexibility index (Phi) is 5.72. The molecular formula is C9H19NO2. The van der Waals surface area contributed by atoms with Gasteiger partial charge in [0.25, 0.3) is 5.91 Å². The van der Waals surface area contributed by atoms with Crippen LogP contribution in [0.1, 0.15) is 27.2 Å². The highest BCUT2D eigenvalue weighted by Gasteiger charge is 2.15. The molecule has 0 saturated heterocycles. The van der Waals surface area contributed by atoms with Crippen LogP contribution >= 0.6 is 0 Å². The molecule has 12 heavy (non-hydrogen) atoms. The number of carbonyl (C=O) groups is 1. The molecule has 3 nitrogen and oxygen atoms in total. The molecule has 0 rings (SSSR count). The summed E-state index contributed by atoms with van der Waals surface area (Å²) in [7, 11) is 1.81. The first-order valence-electron chi connectivity index (χ1n) is 4.50. The van der Waals surface area contributed by atoms with Crippen LogP contribution in [0.5, 0.6) is 0 Å². The SMILES string of the molecule is CCCN(C)C(=O)C(C)OCC. The minimum atomic E-state index is -0.299. The maximum absolute atomic E-state index is 11.4. The van der Waals surface area contributed by atoms with Crippen molar-refractivity contribution in [2.24, 2.45) is 0 Å². The Labute approximate surface area is 74.7 Å². The number of carbonyl (C=O) groups excluding carboxylic acids is 1. The number of hydrogen-bond donors (Lipinski definition) is 0. The van der Waals surface area contributed by atoms with Crippen LogP contribution in [0.3, 0.4) is 0 Å². The number of amides is 1. The van der Waals surface area contributed by atoms with Gasteiger partial charge in [0.15, 0.2) is 0 Å². The van der Waals surface area contributed by atoms with Gasteiger partial charge in [0.1, 0.15) is 6.10 Å². The van der Waals surface area contributed by atoms with Crippen molar-refractivity contribution in [3.8, 4) is 0 Å². The first kappa shape index (κ1) is 11.4. The third kappa shape index (κ3) is 3.72. The van der Waals surface area contributed by atoms with Crippen molar-refractivity contribution >= 4 is 5.91 Å². The van der Waals surface area contributed by atoms with Gasteiger partial charge in [-0.25, -0.2) is 0 Å². The molecule has 0 aromatic heterocycles. The van der Waals surface area contributed by atoms with Gasteiger partial charge in [-0.15, -0.1) is 0 Å². The van der Waals surface area contributed by atoms with Crippen LogP contribution in [-0.4, -0.2) is 37.1 Å². The Bertz CT molecular complexity index is 122. The second kappa shape index (κ2) is 6.00. The second-order valence-electron chi connectivity index (χ2n) is 2.86. The molecule has 1 amide bonds. The summed E-state index contributed by atoms with van der Waals surface area (Å²) in [5, 5.41) is 0. The lowest BCUT2D eigenvalue weighted by atomic mass is 10.3. The predicted molar refractivity (Wildman–Crippen MR) is 49.0 cm³/mol. The normalized spacial score (nSPS) is 12.7. The fourth-order valence-corrected chi connectivity index (χ4v) is 1.08. The summed E-state index contributed by atoms with van der Waals surface area (Å²) in [6.07, 6.45) is 0.688. The summed E-state index contributed by atoms with van der Waals surface area (Å²) in [5.41, 5.74) is 0. The van der Waals surface area contributed by atoms with E-state index in [1.165, 1.54) is 0 Å². The van der Waals surface area contributed by atoms with Crippen molar-refractivity contribution in [1.82, 2.24) is 4.90 Å². The van der Waals surface area contributed by atoms with Gasteiger partial charge in [-0.2, -0.15) is 0 Å². The van der Waals surface area contributed by atoms with Crippen molar-refractivity contribution in [1.29, 1.82) is 0 Å². The Morgan fingerprint density at radius 1 is 1.50 bits per heavy atom. The highest BCUT2D eigenvalue weighted by atomic mass is 16.5. The molecule has 1 atom stereocenters. The molecule has 0 saturated carbocycles. The topological polar surface area (TPSA) is 29.5 Å². The fraction of sp³-hybridized carbons (Fsp3) is 0.889. The summed E-state index contributed by atoms with van der Waals surface area (Å²) >= 11 is 0. The van der Waals surface area contributed by atoms with Gasteiger partial charge < -0.3 is 9.64 Å². The third-order valence-corrected chi connectivity index (χ3v) is 1.70. The fourth-order valence-electron chi connectivity index (χ4n) is 1.08. The Hall–Kier alpha value is -0.570. The minimum absolute atomic E-state index is 0.0682. The van der Waals surface area contributed by atoms with E-state index in [4.69, 9.17) is 4.74 Å².